The highest BCUT2D eigenvalue weighted by Gasteiger charge is 2.39. The first-order chi connectivity index (χ1) is 15.4. The van der Waals surface area contributed by atoms with Crippen LogP contribution < -0.4 is 4.74 Å². The van der Waals surface area contributed by atoms with Gasteiger partial charge in [-0.2, -0.15) is 0 Å². The number of carbonyl (C=O) groups is 1. The summed E-state index contributed by atoms with van der Waals surface area (Å²) in [5, 5.41) is 3.84. The number of rotatable bonds is 6. The summed E-state index contributed by atoms with van der Waals surface area (Å²) in [6.45, 7) is 4.14. The predicted molar refractivity (Wildman–Crippen MR) is 133 cm³/mol. The summed E-state index contributed by atoms with van der Waals surface area (Å²) >= 11 is 17.4. The third-order valence-corrected chi connectivity index (χ3v) is 6.83. The molecule has 0 fully saturated rings. The fourth-order valence-corrected chi connectivity index (χ4v) is 5.17. The number of esters is 1. The molecule has 0 unspecified atom stereocenters. The molecule has 2 aromatic rings. The van der Waals surface area contributed by atoms with E-state index in [1.165, 1.54) is 11.8 Å². The molecule has 166 valence electrons. The summed E-state index contributed by atoms with van der Waals surface area (Å²) in [4.78, 5) is 19.5. The second kappa shape index (κ2) is 9.91. The van der Waals surface area contributed by atoms with Crippen LogP contribution in [0.25, 0.3) is 0 Å². The number of carbonyl (C=O) groups excluding carboxylic acids is 1. The third-order valence-electron chi connectivity index (χ3n) is 4.98. The Labute approximate surface area is 209 Å². The summed E-state index contributed by atoms with van der Waals surface area (Å²) < 4.78 is 12.4. The number of thioether (sulfide) groups is 1. The Morgan fingerprint density at radius 2 is 2.06 bits per heavy atom. The van der Waals surface area contributed by atoms with Crippen LogP contribution in [0.15, 0.2) is 68.7 Å². The Morgan fingerprint density at radius 3 is 2.81 bits per heavy atom. The number of ether oxygens (including phenoxy) is 2. The molecule has 1 atom stereocenters. The van der Waals surface area contributed by atoms with Gasteiger partial charge in [-0.05, 0) is 49.6 Å². The molecule has 4 rings (SSSR count). The molecular weight excluding hydrogens is 535 g/mol. The lowest BCUT2D eigenvalue weighted by atomic mass is 9.94. The van der Waals surface area contributed by atoms with E-state index < -0.39 is 12.0 Å². The van der Waals surface area contributed by atoms with Crippen LogP contribution in [0.2, 0.25) is 10.0 Å². The van der Waals surface area contributed by atoms with Crippen molar-refractivity contribution in [3.05, 3.63) is 84.9 Å². The van der Waals surface area contributed by atoms with Crippen LogP contribution in [0.1, 0.15) is 31.0 Å². The number of amidine groups is 1. The van der Waals surface area contributed by atoms with E-state index in [-0.39, 0.29) is 13.2 Å². The van der Waals surface area contributed by atoms with E-state index in [0.29, 0.717) is 27.1 Å². The minimum Gasteiger partial charge on any atom is -0.488 e. The zero-order chi connectivity index (χ0) is 22.8. The first kappa shape index (κ1) is 23.2. The minimum atomic E-state index is -0.444. The average Bonchev–Trinajstić information content (AvgIpc) is 3.21. The number of fused-ring (bicyclic) bond motifs is 1. The van der Waals surface area contributed by atoms with Gasteiger partial charge in [-0.1, -0.05) is 57.0 Å². The van der Waals surface area contributed by atoms with Crippen LogP contribution in [0.3, 0.4) is 0 Å². The second-order valence-corrected chi connectivity index (χ2v) is 9.67. The van der Waals surface area contributed by atoms with Crippen molar-refractivity contribution in [3.8, 4) is 5.75 Å². The van der Waals surface area contributed by atoms with E-state index >= 15 is 0 Å². The predicted octanol–water partition coefficient (Wildman–Crippen LogP) is 7.10. The van der Waals surface area contributed by atoms with Gasteiger partial charge >= 0.3 is 5.97 Å². The standard InChI is InChI=1S/C23H19BrCl2N2O3S/c1-3-30-22(29)20-13(2)27-23-28(8-9-32-23)21(20)17-10-15(24)5-7-19(17)31-12-14-4-6-16(25)11-18(14)26/h4-11,21H,3,12H2,1-2H3/t21-/m1/s1. The van der Waals surface area contributed by atoms with Gasteiger partial charge in [0, 0.05) is 31.8 Å². The Kier molecular flexibility index (Phi) is 7.20. The van der Waals surface area contributed by atoms with Crippen molar-refractivity contribution in [2.75, 3.05) is 6.61 Å². The zero-order valence-electron chi connectivity index (χ0n) is 17.3. The molecule has 2 aromatic carbocycles. The Bertz CT molecular complexity index is 1170. The van der Waals surface area contributed by atoms with Crippen molar-refractivity contribution in [1.82, 2.24) is 4.90 Å². The zero-order valence-corrected chi connectivity index (χ0v) is 21.2. The highest BCUT2D eigenvalue weighted by atomic mass is 79.9. The molecule has 0 saturated heterocycles. The van der Waals surface area contributed by atoms with Crippen molar-refractivity contribution in [2.45, 2.75) is 26.5 Å². The molecule has 0 bridgehead atoms. The number of aliphatic imine (C=N–C) groups is 1. The monoisotopic (exact) mass is 552 g/mol. The molecule has 0 aliphatic carbocycles. The molecule has 2 heterocycles. The number of allylic oxidation sites excluding steroid dienone is 1. The summed E-state index contributed by atoms with van der Waals surface area (Å²) in [5.41, 5.74) is 2.73. The molecule has 0 saturated carbocycles. The quantitative estimate of drug-likeness (QED) is 0.357. The molecular formula is C23H19BrCl2N2O3S. The first-order valence-corrected chi connectivity index (χ1v) is 12.3. The van der Waals surface area contributed by atoms with Gasteiger partial charge in [-0.15, -0.1) is 0 Å². The van der Waals surface area contributed by atoms with E-state index in [4.69, 9.17) is 32.7 Å². The number of hydrogen-bond donors (Lipinski definition) is 0. The van der Waals surface area contributed by atoms with Crippen molar-refractivity contribution in [2.24, 2.45) is 4.99 Å². The Hall–Kier alpha value is -1.93. The molecule has 9 heteroatoms. The minimum absolute atomic E-state index is 0.250. The smallest absolute Gasteiger partial charge is 0.338 e. The fraction of sp³-hybridized carbons (Fsp3) is 0.217. The molecule has 0 aromatic heterocycles. The van der Waals surface area contributed by atoms with E-state index in [0.717, 1.165) is 20.8 Å². The van der Waals surface area contributed by atoms with Crippen LogP contribution in [-0.2, 0) is 16.1 Å². The van der Waals surface area contributed by atoms with Crippen molar-refractivity contribution in [1.29, 1.82) is 0 Å². The van der Waals surface area contributed by atoms with E-state index in [9.17, 15) is 4.79 Å². The van der Waals surface area contributed by atoms with Crippen LogP contribution >= 0.6 is 50.9 Å². The lowest BCUT2D eigenvalue weighted by Crippen LogP contribution is -2.34. The molecule has 0 spiro atoms. The number of halogens is 3. The summed E-state index contributed by atoms with van der Waals surface area (Å²) in [7, 11) is 0. The molecule has 0 radical (unpaired) electrons. The van der Waals surface area contributed by atoms with Crippen LogP contribution in [0.5, 0.6) is 5.75 Å². The largest absolute Gasteiger partial charge is 0.488 e. The van der Waals surface area contributed by atoms with Gasteiger partial charge in [0.1, 0.15) is 12.4 Å². The lowest BCUT2D eigenvalue weighted by molar-refractivity contribution is -0.139. The average molecular weight is 554 g/mol. The molecule has 0 N–H and O–H groups in total. The number of benzene rings is 2. The van der Waals surface area contributed by atoms with Crippen molar-refractivity contribution < 1.29 is 14.3 Å². The molecule has 32 heavy (non-hydrogen) atoms. The van der Waals surface area contributed by atoms with Gasteiger partial charge in [-0.3, -0.25) is 0 Å². The normalized spacial score (nSPS) is 17.3. The molecule has 2 aliphatic rings. The fourth-order valence-electron chi connectivity index (χ4n) is 3.53. The molecule has 5 nitrogen and oxygen atoms in total. The van der Waals surface area contributed by atoms with Crippen LogP contribution in [-0.4, -0.2) is 22.6 Å². The summed E-state index contributed by atoms with van der Waals surface area (Å²) in [5.74, 6) is 0.236. The lowest BCUT2D eigenvalue weighted by Gasteiger charge is -2.34. The highest BCUT2D eigenvalue weighted by molar-refractivity contribution is 9.10. The van der Waals surface area contributed by atoms with E-state index in [1.807, 2.05) is 47.7 Å². The Balaban J connectivity index is 1.75. The Morgan fingerprint density at radius 1 is 1.25 bits per heavy atom. The van der Waals surface area contributed by atoms with E-state index in [1.54, 1.807) is 19.1 Å². The highest BCUT2D eigenvalue weighted by Crippen LogP contribution is 2.44. The SMILES string of the molecule is CCOC(=O)C1=C(C)N=C2SC=CN2[C@@H]1c1cc(Br)ccc1OCc1ccc(Cl)cc1Cl. The van der Waals surface area contributed by atoms with Gasteiger partial charge in [0.15, 0.2) is 5.17 Å². The second-order valence-electron chi connectivity index (χ2n) is 7.03. The van der Waals surface area contributed by atoms with Gasteiger partial charge in [0.2, 0.25) is 0 Å². The van der Waals surface area contributed by atoms with Gasteiger partial charge in [0.25, 0.3) is 0 Å². The maximum atomic E-state index is 12.9. The van der Waals surface area contributed by atoms with Gasteiger partial charge in [-0.25, -0.2) is 9.79 Å². The molecule has 2 aliphatic heterocycles. The maximum Gasteiger partial charge on any atom is 0.338 e. The van der Waals surface area contributed by atoms with Crippen molar-refractivity contribution in [3.63, 3.8) is 0 Å². The van der Waals surface area contributed by atoms with E-state index in [2.05, 4.69) is 20.9 Å². The number of hydrogen-bond acceptors (Lipinski definition) is 6. The van der Waals surface area contributed by atoms with Crippen molar-refractivity contribution >= 4 is 62.0 Å². The topological polar surface area (TPSA) is 51.1 Å². The van der Waals surface area contributed by atoms with Gasteiger partial charge in [0.05, 0.1) is 23.9 Å². The summed E-state index contributed by atoms with van der Waals surface area (Å²) in [6, 6.07) is 10.6. The van der Waals surface area contributed by atoms with Gasteiger partial charge < -0.3 is 14.4 Å². The number of nitrogens with zero attached hydrogens (tertiary/aromatic N) is 2. The van der Waals surface area contributed by atoms with Crippen LogP contribution in [0.4, 0.5) is 0 Å². The van der Waals surface area contributed by atoms with Crippen LogP contribution in [0, 0.1) is 0 Å². The molecule has 0 amide bonds. The first-order valence-electron chi connectivity index (χ1n) is 9.83. The third kappa shape index (κ3) is 4.71. The maximum absolute atomic E-state index is 12.9. The summed E-state index contributed by atoms with van der Waals surface area (Å²) in [6.07, 6.45) is 1.92.